The van der Waals surface area contributed by atoms with E-state index in [1.807, 2.05) is 0 Å². The molecule has 2 saturated carbocycles. The molecule has 1 amide bonds. The van der Waals surface area contributed by atoms with Crippen LogP contribution in [-0.2, 0) is 4.79 Å². The third kappa shape index (κ3) is 3.05. The summed E-state index contributed by atoms with van der Waals surface area (Å²) in [7, 11) is 0. The molecule has 0 heterocycles. The van der Waals surface area contributed by atoms with Gasteiger partial charge in [-0.1, -0.05) is 39.5 Å². The van der Waals surface area contributed by atoms with Crippen molar-refractivity contribution in [1.82, 2.24) is 5.32 Å². The molecule has 1 atom stereocenters. The van der Waals surface area contributed by atoms with Crippen LogP contribution >= 0.6 is 0 Å². The van der Waals surface area contributed by atoms with E-state index in [9.17, 15) is 9.90 Å². The molecule has 0 saturated heterocycles. The molecule has 18 heavy (non-hydrogen) atoms. The van der Waals surface area contributed by atoms with Gasteiger partial charge in [-0.15, -0.1) is 0 Å². The molecule has 0 spiro atoms. The molecular weight excluding hydrogens is 226 g/mol. The second kappa shape index (κ2) is 5.20. The molecule has 0 bridgehead atoms. The van der Waals surface area contributed by atoms with Gasteiger partial charge in [0.2, 0.25) is 5.91 Å². The van der Waals surface area contributed by atoms with Crippen molar-refractivity contribution in [3.63, 3.8) is 0 Å². The smallest absolute Gasteiger partial charge is 0.223 e. The Balaban J connectivity index is 1.87. The first-order chi connectivity index (χ1) is 8.43. The van der Waals surface area contributed by atoms with E-state index < -0.39 is 5.60 Å². The zero-order chi connectivity index (χ0) is 13.2. The molecule has 0 radical (unpaired) electrons. The third-order valence-electron chi connectivity index (χ3n) is 4.95. The zero-order valence-electron chi connectivity index (χ0n) is 11.8. The third-order valence-corrected chi connectivity index (χ3v) is 4.95. The highest BCUT2D eigenvalue weighted by Gasteiger charge is 2.38. The molecule has 0 aromatic carbocycles. The highest BCUT2D eigenvalue weighted by Crippen LogP contribution is 2.40. The molecule has 1 unspecified atom stereocenters. The van der Waals surface area contributed by atoms with Crippen LogP contribution in [0.2, 0.25) is 0 Å². The van der Waals surface area contributed by atoms with Crippen molar-refractivity contribution in [2.24, 2.45) is 11.3 Å². The minimum atomic E-state index is -0.630. The number of nitrogens with one attached hydrogen (secondary N) is 1. The Morgan fingerprint density at radius 2 is 1.78 bits per heavy atom. The maximum Gasteiger partial charge on any atom is 0.223 e. The Morgan fingerprint density at radius 3 is 2.39 bits per heavy atom. The Kier molecular flexibility index (Phi) is 4.00. The number of aliphatic hydroxyl groups is 1. The van der Waals surface area contributed by atoms with Crippen LogP contribution < -0.4 is 5.32 Å². The average Bonchev–Trinajstić information content (AvgIpc) is 2.73. The topological polar surface area (TPSA) is 49.3 Å². The van der Waals surface area contributed by atoms with Gasteiger partial charge in [0.25, 0.3) is 0 Å². The molecule has 2 aliphatic carbocycles. The van der Waals surface area contributed by atoms with Crippen molar-refractivity contribution in [3.05, 3.63) is 0 Å². The molecule has 2 aliphatic rings. The van der Waals surface area contributed by atoms with Crippen molar-refractivity contribution in [1.29, 1.82) is 0 Å². The van der Waals surface area contributed by atoms with Crippen molar-refractivity contribution in [3.8, 4) is 0 Å². The van der Waals surface area contributed by atoms with Crippen LogP contribution in [0.5, 0.6) is 0 Å². The molecule has 2 fully saturated rings. The van der Waals surface area contributed by atoms with Gasteiger partial charge in [0, 0.05) is 12.5 Å². The van der Waals surface area contributed by atoms with Gasteiger partial charge in [-0.3, -0.25) is 4.79 Å². The second-order valence-electron chi connectivity index (χ2n) is 6.94. The molecule has 0 aromatic rings. The minimum absolute atomic E-state index is 0.112. The predicted molar refractivity (Wildman–Crippen MR) is 72.2 cm³/mol. The van der Waals surface area contributed by atoms with E-state index in [1.165, 1.54) is 6.42 Å². The lowest BCUT2D eigenvalue weighted by atomic mass is 9.68. The summed E-state index contributed by atoms with van der Waals surface area (Å²) in [6.45, 7) is 4.83. The largest absolute Gasteiger partial charge is 0.388 e. The lowest BCUT2D eigenvalue weighted by Crippen LogP contribution is -2.46. The van der Waals surface area contributed by atoms with E-state index in [-0.39, 0.29) is 17.2 Å². The summed E-state index contributed by atoms with van der Waals surface area (Å²) in [4.78, 5) is 12.3. The first kappa shape index (κ1) is 13.9. The Labute approximate surface area is 110 Å². The normalized spacial score (nSPS) is 30.1. The van der Waals surface area contributed by atoms with E-state index in [0.717, 1.165) is 44.9 Å². The molecule has 3 heteroatoms. The van der Waals surface area contributed by atoms with Gasteiger partial charge in [0.15, 0.2) is 0 Å². The summed E-state index contributed by atoms with van der Waals surface area (Å²) in [5, 5.41) is 13.3. The molecular formula is C15H27NO2. The average molecular weight is 253 g/mol. The van der Waals surface area contributed by atoms with Crippen LogP contribution in [-0.4, -0.2) is 23.2 Å². The van der Waals surface area contributed by atoms with Crippen molar-refractivity contribution < 1.29 is 9.90 Å². The van der Waals surface area contributed by atoms with Gasteiger partial charge in [0.05, 0.1) is 5.60 Å². The highest BCUT2D eigenvalue weighted by molar-refractivity contribution is 5.79. The Hall–Kier alpha value is -0.570. The van der Waals surface area contributed by atoms with Crippen LogP contribution in [0.4, 0.5) is 0 Å². The van der Waals surface area contributed by atoms with Crippen LogP contribution in [0.3, 0.4) is 0 Å². The number of carbonyl (C=O) groups excluding carboxylic acids is 1. The lowest BCUT2D eigenvalue weighted by molar-refractivity contribution is -0.131. The molecule has 0 aromatic heterocycles. The Morgan fingerprint density at radius 1 is 1.17 bits per heavy atom. The van der Waals surface area contributed by atoms with Gasteiger partial charge in [0.1, 0.15) is 0 Å². The summed E-state index contributed by atoms with van der Waals surface area (Å²) in [6.07, 6.45) is 8.37. The van der Waals surface area contributed by atoms with E-state index in [2.05, 4.69) is 19.2 Å². The summed E-state index contributed by atoms with van der Waals surface area (Å²) in [5.74, 6) is 0.274. The van der Waals surface area contributed by atoms with Crippen LogP contribution in [0.15, 0.2) is 0 Å². The van der Waals surface area contributed by atoms with Crippen LogP contribution in [0.1, 0.15) is 65.2 Å². The number of hydrogen-bond donors (Lipinski definition) is 2. The number of rotatable bonds is 3. The molecule has 3 nitrogen and oxygen atoms in total. The maximum atomic E-state index is 12.3. The van der Waals surface area contributed by atoms with Crippen molar-refractivity contribution >= 4 is 5.91 Å². The number of carbonyl (C=O) groups is 1. The highest BCUT2D eigenvalue weighted by atomic mass is 16.3. The molecule has 104 valence electrons. The van der Waals surface area contributed by atoms with Crippen molar-refractivity contribution in [2.45, 2.75) is 70.8 Å². The van der Waals surface area contributed by atoms with E-state index in [0.29, 0.717) is 6.54 Å². The SMILES string of the molecule is CC1(C)CCCCC1C(=O)NCC1(O)CCCC1. The monoisotopic (exact) mass is 253 g/mol. The van der Waals surface area contributed by atoms with Crippen LogP contribution in [0.25, 0.3) is 0 Å². The zero-order valence-corrected chi connectivity index (χ0v) is 11.8. The van der Waals surface area contributed by atoms with Gasteiger partial charge in [-0.2, -0.15) is 0 Å². The minimum Gasteiger partial charge on any atom is -0.388 e. The summed E-state index contributed by atoms with van der Waals surface area (Å²) >= 11 is 0. The molecule has 2 N–H and O–H groups in total. The quantitative estimate of drug-likeness (QED) is 0.812. The van der Waals surface area contributed by atoms with Gasteiger partial charge in [-0.25, -0.2) is 0 Å². The standard InChI is InChI=1S/C15H27NO2/c1-14(2)8-4-3-7-12(14)13(17)16-11-15(18)9-5-6-10-15/h12,18H,3-11H2,1-2H3,(H,16,17). The van der Waals surface area contributed by atoms with E-state index in [1.54, 1.807) is 0 Å². The Bertz CT molecular complexity index is 306. The fraction of sp³-hybridized carbons (Fsp3) is 0.933. The first-order valence-electron chi connectivity index (χ1n) is 7.43. The lowest BCUT2D eigenvalue weighted by Gasteiger charge is -2.38. The van der Waals surface area contributed by atoms with Gasteiger partial charge in [-0.05, 0) is 31.1 Å². The van der Waals surface area contributed by atoms with Gasteiger partial charge >= 0.3 is 0 Å². The number of amides is 1. The second-order valence-corrected chi connectivity index (χ2v) is 6.94. The maximum absolute atomic E-state index is 12.3. The van der Waals surface area contributed by atoms with Crippen LogP contribution in [0, 0.1) is 11.3 Å². The fourth-order valence-corrected chi connectivity index (χ4v) is 3.56. The summed E-state index contributed by atoms with van der Waals surface area (Å²) in [5.41, 5.74) is -0.519. The van der Waals surface area contributed by atoms with E-state index in [4.69, 9.17) is 0 Å². The molecule has 2 rings (SSSR count). The first-order valence-corrected chi connectivity index (χ1v) is 7.43. The summed E-state index contributed by atoms with van der Waals surface area (Å²) < 4.78 is 0. The van der Waals surface area contributed by atoms with Gasteiger partial charge < -0.3 is 10.4 Å². The van der Waals surface area contributed by atoms with Crippen molar-refractivity contribution in [2.75, 3.05) is 6.54 Å². The molecule has 0 aliphatic heterocycles. The fourth-order valence-electron chi connectivity index (χ4n) is 3.56. The summed E-state index contributed by atoms with van der Waals surface area (Å²) in [6, 6.07) is 0. The predicted octanol–water partition coefficient (Wildman–Crippen LogP) is 2.62. The van der Waals surface area contributed by atoms with E-state index >= 15 is 0 Å². The number of hydrogen-bond acceptors (Lipinski definition) is 2.